The molecule has 0 saturated heterocycles. The Balaban J connectivity index is 2.21. The van der Waals surface area contributed by atoms with E-state index in [-0.39, 0.29) is 0 Å². The quantitative estimate of drug-likeness (QED) is 0.756. The topological polar surface area (TPSA) is 12.9 Å². The van der Waals surface area contributed by atoms with Crippen LogP contribution in [0.4, 0.5) is 0 Å². The maximum atomic E-state index is 4.12. The molecule has 1 aromatic heterocycles. The number of benzene rings is 1. The normalized spacial score (nSPS) is 13.9. The molecular formula is C17H19N. The predicted molar refractivity (Wildman–Crippen MR) is 75.8 cm³/mol. The molecule has 0 atom stereocenters. The average molecular weight is 237 g/mol. The van der Waals surface area contributed by atoms with Crippen molar-refractivity contribution < 1.29 is 0 Å². The molecule has 18 heavy (non-hydrogen) atoms. The zero-order valence-corrected chi connectivity index (χ0v) is 11.1. The van der Waals surface area contributed by atoms with E-state index in [2.05, 4.69) is 43.1 Å². The van der Waals surface area contributed by atoms with E-state index in [1.807, 2.05) is 12.4 Å². The minimum Gasteiger partial charge on any atom is -0.265 e. The van der Waals surface area contributed by atoms with Crippen LogP contribution in [0.2, 0.25) is 0 Å². The molecule has 0 aliphatic heterocycles. The molecule has 1 aliphatic rings. The molecule has 0 amide bonds. The Hall–Kier alpha value is -1.63. The van der Waals surface area contributed by atoms with Crippen LogP contribution in [0.1, 0.15) is 42.9 Å². The van der Waals surface area contributed by atoms with Crippen LogP contribution in [0.15, 0.2) is 36.7 Å². The summed E-state index contributed by atoms with van der Waals surface area (Å²) in [6.45, 7) is 4.61. The summed E-state index contributed by atoms with van der Waals surface area (Å²) in [5.74, 6) is 0.584. The van der Waals surface area contributed by atoms with Gasteiger partial charge in [-0.25, -0.2) is 0 Å². The highest BCUT2D eigenvalue weighted by atomic mass is 14.6. The molecule has 0 saturated carbocycles. The SMILES string of the molecule is CC(C)c1c(-c2ccncc2)ccc2c1CCC2. The lowest BCUT2D eigenvalue weighted by atomic mass is 9.87. The van der Waals surface area contributed by atoms with Crippen LogP contribution in [0.5, 0.6) is 0 Å². The Labute approximate surface area is 109 Å². The van der Waals surface area contributed by atoms with Crippen LogP contribution < -0.4 is 0 Å². The number of hydrogen-bond acceptors (Lipinski definition) is 1. The van der Waals surface area contributed by atoms with Crippen molar-refractivity contribution in [1.29, 1.82) is 0 Å². The summed E-state index contributed by atoms with van der Waals surface area (Å²) in [6.07, 6.45) is 7.58. The summed E-state index contributed by atoms with van der Waals surface area (Å²) in [5.41, 5.74) is 7.42. The number of nitrogens with zero attached hydrogens (tertiary/aromatic N) is 1. The molecule has 2 aromatic rings. The van der Waals surface area contributed by atoms with E-state index in [1.54, 1.807) is 16.7 Å². The molecule has 1 nitrogen and oxygen atoms in total. The van der Waals surface area contributed by atoms with Gasteiger partial charge in [-0.1, -0.05) is 26.0 Å². The zero-order chi connectivity index (χ0) is 12.5. The molecule has 92 valence electrons. The number of rotatable bonds is 2. The van der Waals surface area contributed by atoms with Crippen molar-refractivity contribution in [3.8, 4) is 11.1 Å². The first kappa shape index (κ1) is 11.5. The molecule has 1 aliphatic carbocycles. The fraction of sp³-hybridized carbons (Fsp3) is 0.353. The lowest BCUT2D eigenvalue weighted by molar-refractivity contribution is 0.840. The summed E-state index contributed by atoms with van der Waals surface area (Å²) in [7, 11) is 0. The number of aryl methyl sites for hydroxylation is 1. The van der Waals surface area contributed by atoms with Crippen LogP contribution in [-0.4, -0.2) is 4.98 Å². The minimum atomic E-state index is 0.584. The van der Waals surface area contributed by atoms with Crippen LogP contribution in [0.3, 0.4) is 0 Å². The van der Waals surface area contributed by atoms with E-state index in [4.69, 9.17) is 0 Å². The third-order valence-electron chi connectivity index (χ3n) is 3.90. The van der Waals surface area contributed by atoms with Gasteiger partial charge in [-0.3, -0.25) is 4.98 Å². The Bertz CT molecular complexity index is 555. The largest absolute Gasteiger partial charge is 0.265 e. The number of pyridine rings is 1. The summed E-state index contributed by atoms with van der Waals surface area (Å²) in [4.78, 5) is 4.12. The molecule has 0 unspecified atom stereocenters. The first-order valence-electron chi connectivity index (χ1n) is 6.82. The predicted octanol–water partition coefficient (Wildman–Crippen LogP) is 4.36. The Morgan fingerprint density at radius 2 is 1.78 bits per heavy atom. The Kier molecular flexibility index (Phi) is 2.91. The highest BCUT2D eigenvalue weighted by Crippen LogP contribution is 2.37. The van der Waals surface area contributed by atoms with E-state index >= 15 is 0 Å². The lowest BCUT2D eigenvalue weighted by Crippen LogP contribution is -1.99. The summed E-state index contributed by atoms with van der Waals surface area (Å²) in [5, 5.41) is 0. The minimum absolute atomic E-state index is 0.584. The third-order valence-corrected chi connectivity index (χ3v) is 3.90. The number of hydrogen-bond donors (Lipinski definition) is 0. The van der Waals surface area contributed by atoms with Gasteiger partial charge in [0, 0.05) is 12.4 Å². The van der Waals surface area contributed by atoms with Crippen molar-refractivity contribution >= 4 is 0 Å². The second-order valence-corrected chi connectivity index (χ2v) is 5.41. The van der Waals surface area contributed by atoms with Crippen molar-refractivity contribution in [3.05, 3.63) is 53.3 Å². The second-order valence-electron chi connectivity index (χ2n) is 5.41. The second kappa shape index (κ2) is 4.56. The standard InChI is InChI=1S/C17H19N/c1-12(2)17-15-5-3-4-13(15)6-7-16(17)14-8-10-18-11-9-14/h6-12H,3-5H2,1-2H3. The van der Waals surface area contributed by atoms with Crippen molar-refractivity contribution in [2.45, 2.75) is 39.0 Å². The van der Waals surface area contributed by atoms with Gasteiger partial charge in [-0.15, -0.1) is 0 Å². The molecule has 1 heterocycles. The maximum Gasteiger partial charge on any atom is 0.0273 e. The van der Waals surface area contributed by atoms with Gasteiger partial charge < -0.3 is 0 Å². The van der Waals surface area contributed by atoms with Gasteiger partial charge in [-0.2, -0.15) is 0 Å². The molecule has 3 rings (SSSR count). The van der Waals surface area contributed by atoms with E-state index in [1.165, 1.54) is 30.4 Å². The summed E-state index contributed by atoms with van der Waals surface area (Å²) in [6, 6.07) is 8.85. The zero-order valence-electron chi connectivity index (χ0n) is 11.1. The van der Waals surface area contributed by atoms with E-state index in [0.717, 1.165) is 0 Å². The molecule has 0 bridgehead atoms. The Morgan fingerprint density at radius 3 is 2.50 bits per heavy atom. The van der Waals surface area contributed by atoms with Crippen molar-refractivity contribution in [1.82, 2.24) is 4.98 Å². The fourth-order valence-corrected chi connectivity index (χ4v) is 3.14. The number of fused-ring (bicyclic) bond motifs is 1. The summed E-state index contributed by atoms with van der Waals surface area (Å²) >= 11 is 0. The van der Waals surface area contributed by atoms with Crippen molar-refractivity contribution in [2.75, 3.05) is 0 Å². The highest BCUT2D eigenvalue weighted by molar-refractivity contribution is 5.70. The monoisotopic (exact) mass is 237 g/mol. The van der Waals surface area contributed by atoms with Gasteiger partial charge in [-0.05, 0) is 65.1 Å². The van der Waals surface area contributed by atoms with E-state index in [9.17, 15) is 0 Å². The van der Waals surface area contributed by atoms with Gasteiger partial charge >= 0.3 is 0 Å². The molecule has 0 radical (unpaired) electrons. The third kappa shape index (κ3) is 1.84. The van der Waals surface area contributed by atoms with Crippen LogP contribution >= 0.6 is 0 Å². The van der Waals surface area contributed by atoms with Crippen molar-refractivity contribution in [3.63, 3.8) is 0 Å². The first-order valence-corrected chi connectivity index (χ1v) is 6.82. The van der Waals surface area contributed by atoms with Crippen molar-refractivity contribution in [2.24, 2.45) is 0 Å². The molecule has 0 N–H and O–H groups in total. The van der Waals surface area contributed by atoms with Gasteiger partial charge in [0.1, 0.15) is 0 Å². The highest BCUT2D eigenvalue weighted by Gasteiger charge is 2.20. The van der Waals surface area contributed by atoms with Gasteiger partial charge in [0.05, 0.1) is 0 Å². The van der Waals surface area contributed by atoms with E-state index < -0.39 is 0 Å². The first-order chi connectivity index (χ1) is 8.77. The van der Waals surface area contributed by atoms with Crippen LogP contribution in [-0.2, 0) is 12.8 Å². The van der Waals surface area contributed by atoms with Gasteiger partial charge in [0.25, 0.3) is 0 Å². The molecule has 1 heteroatoms. The van der Waals surface area contributed by atoms with E-state index in [0.29, 0.717) is 5.92 Å². The molecule has 1 aromatic carbocycles. The fourth-order valence-electron chi connectivity index (χ4n) is 3.14. The van der Waals surface area contributed by atoms with Gasteiger partial charge in [0.2, 0.25) is 0 Å². The lowest BCUT2D eigenvalue weighted by Gasteiger charge is -2.18. The number of aromatic nitrogens is 1. The summed E-state index contributed by atoms with van der Waals surface area (Å²) < 4.78 is 0. The maximum absolute atomic E-state index is 4.12. The molecular weight excluding hydrogens is 218 g/mol. The molecule has 0 fully saturated rings. The molecule has 0 spiro atoms. The average Bonchev–Trinajstić information content (AvgIpc) is 2.86. The van der Waals surface area contributed by atoms with Crippen LogP contribution in [0.25, 0.3) is 11.1 Å². The van der Waals surface area contributed by atoms with Gasteiger partial charge in [0.15, 0.2) is 0 Å². The van der Waals surface area contributed by atoms with Crippen LogP contribution in [0, 0.1) is 0 Å². The smallest absolute Gasteiger partial charge is 0.0273 e. The Morgan fingerprint density at radius 1 is 1.00 bits per heavy atom.